The number of nitrogens with zero attached hydrogens (tertiary/aromatic N) is 2. The van der Waals surface area contributed by atoms with E-state index in [1.807, 2.05) is 0 Å². The molecule has 17 heavy (non-hydrogen) atoms. The molecule has 1 amide bonds. The Morgan fingerprint density at radius 1 is 1.41 bits per heavy atom. The van der Waals surface area contributed by atoms with Crippen molar-refractivity contribution in [3.8, 4) is 0 Å². The largest absolute Gasteiger partial charge is 0.361 e. The van der Waals surface area contributed by atoms with Gasteiger partial charge in [0.2, 0.25) is 0 Å². The smallest absolute Gasteiger partial charge is 0.277 e. The van der Waals surface area contributed by atoms with Gasteiger partial charge in [-0.05, 0) is 26.0 Å². The molecule has 0 unspecified atom stereocenters. The molecule has 0 bridgehead atoms. The number of aryl methyl sites for hydroxylation is 2. The second-order valence-corrected chi connectivity index (χ2v) is 3.93. The third-order valence-corrected chi connectivity index (χ3v) is 2.37. The van der Waals surface area contributed by atoms with Crippen LogP contribution in [0.1, 0.15) is 21.9 Å². The number of carbonyl (C=O) groups excluding carboxylic acids is 1. The van der Waals surface area contributed by atoms with Crippen molar-refractivity contribution in [1.29, 1.82) is 0 Å². The average Bonchev–Trinajstić information content (AvgIpc) is 2.69. The van der Waals surface area contributed by atoms with Crippen LogP contribution >= 0.6 is 11.6 Å². The van der Waals surface area contributed by atoms with E-state index in [1.54, 1.807) is 32.0 Å². The monoisotopic (exact) mass is 251 g/mol. The van der Waals surface area contributed by atoms with E-state index < -0.39 is 0 Å². The molecule has 0 fully saturated rings. The molecule has 1 N–H and O–H groups in total. The fourth-order valence-electron chi connectivity index (χ4n) is 1.32. The van der Waals surface area contributed by atoms with Gasteiger partial charge in [-0.2, -0.15) is 0 Å². The Morgan fingerprint density at radius 3 is 2.76 bits per heavy atom. The molecule has 0 atom stereocenters. The Morgan fingerprint density at radius 2 is 2.18 bits per heavy atom. The lowest BCUT2D eigenvalue weighted by Crippen LogP contribution is -2.13. The Hall–Kier alpha value is -1.88. The van der Waals surface area contributed by atoms with Gasteiger partial charge in [0.25, 0.3) is 5.91 Å². The zero-order chi connectivity index (χ0) is 12.4. The number of nitrogens with one attached hydrogen (secondary N) is 1. The van der Waals surface area contributed by atoms with Crippen LogP contribution in [-0.4, -0.2) is 16.0 Å². The molecule has 2 heterocycles. The summed E-state index contributed by atoms with van der Waals surface area (Å²) < 4.78 is 4.83. The van der Waals surface area contributed by atoms with Gasteiger partial charge in [0.1, 0.15) is 10.9 Å². The number of carbonyl (C=O) groups is 1. The van der Waals surface area contributed by atoms with Crippen molar-refractivity contribution in [3.63, 3.8) is 0 Å². The number of aromatic nitrogens is 2. The summed E-state index contributed by atoms with van der Waals surface area (Å²) in [4.78, 5) is 15.8. The molecule has 0 aromatic carbocycles. The van der Waals surface area contributed by atoms with Crippen LogP contribution in [0.25, 0.3) is 0 Å². The molecule has 88 valence electrons. The maximum atomic E-state index is 11.8. The lowest BCUT2D eigenvalue weighted by atomic mass is 10.3. The van der Waals surface area contributed by atoms with Crippen LogP contribution in [0.4, 0.5) is 5.69 Å². The average molecular weight is 252 g/mol. The van der Waals surface area contributed by atoms with Crippen LogP contribution in [0.15, 0.2) is 22.7 Å². The fraction of sp³-hybridized carbons (Fsp3) is 0.182. The molecule has 5 nitrogen and oxygen atoms in total. The summed E-state index contributed by atoms with van der Waals surface area (Å²) in [6, 6.07) is 4.86. The minimum absolute atomic E-state index is 0.233. The van der Waals surface area contributed by atoms with Crippen LogP contribution in [0.3, 0.4) is 0 Å². The van der Waals surface area contributed by atoms with E-state index in [1.165, 1.54) is 0 Å². The van der Waals surface area contributed by atoms with E-state index in [0.29, 0.717) is 22.3 Å². The molecule has 0 spiro atoms. The highest BCUT2D eigenvalue weighted by Crippen LogP contribution is 2.16. The zero-order valence-electron chi connectivity index (χ0n) is 9.32. The van der Waals surface area contributed by atoms with Gasteiger partial charge in [0.05, 0.1) is 11.4 Å². The van der Waals surface area contributed by atoms with Gasteiger partial charge in [-0.15, -0.1) is 0 Å². The summed E-state index contributed by atoms with van der Waals surface area (Å²) in [5.74, 6) is 0.246. The Balaban J connectivity index is 2.18. The Bertz CT molecular complexity index is 566. The van der Waals surface area contributed by atoms with E-state index in [4.69, 9.17) is 16.1 Å². The first-order chi connectivity index (χ1) is 8.06. The van der Waals surface area contributed by atoms with Gasteiger partial charge in [0.15, 0.2) is 5.69 Å². The number of amides is 1. The minimum Gasteiger partial charge on any atom is -0.361 e. The summed E-state index contributed by atoms with van der Waals surface area (Å²) in [6.07, 6.45) is 0. The number of hydrogen-bond donors (Lipinski definition) is 1. The molecule has 6 heteroatoms. The highest BCUT2D eigenvalue weighted by Gasteiger charge is 2.12. The summed E-state index contributed by atoms with van der Waals surface area (Å²) in [6.45, 7) is 3.48. The first-order valence-corrected chi connectivity index (χ1v) is 5.32. The summed E-state index contributed by atoms with van der Waals surface area (Å²) >= 11 is 5.72. The van der Waals surface area contributed by atoms with Crippen molar-refractivity contribution in [1.82, 2.24) is 10.1 Å². The lowest BCUT2D eigenvalue weighted by Gasteiger charge is -2.05. The number of pyridine rings is 1. The maximum absolute atomic E-state index is 11.8. The quantitative estimate of drug-likeness (QED) is 0.833. The predicted octanol–water partition coefficient (Wildman–Crippen LogP) is 2.59. The molecule has 0 aliphatic heterocycles. The summed E-state index contributed by atoms with van der Waals surface area (Å²) in [7, 11) is 0. The molecule has 2 aromatic heterocycles. The van der Waals surface area contributed by atoms with Crippen LogP contribution < -0.4 is 5.32 Å². The standard InChI is InChI=1S/C11H10ClN3O2/c1-6-5-9(15-17-6)11(16)14-8-3-4-10(12)13-7(8)2/h3-5H,1-2H3,(H,14,16). The van der Waals surface area contributed by atoms with Crippen molar-refractivity contribution < 1.29 is 9.32 Å². The number of halogens is 1. The Labute approximate surface area is 103 Å². The third kappa shape index (κ3) is 2.62. The lowest BCUT2D eigenvalue weighted by molar-refractivity contribution is 0.101. The first kappa shape index (κ1) is 11.6. The first-order valence-electron chi connectivity index (χ1n) is 4.94. The predicted molar refractivity (Wildman–Crippen MR) is 63.2 cm³/mol. The number of rotatable bonds is 2. The molecule has 0 saturated carbocycles. The van der Waals surface area contributed by atoms with Crippen LogP contribution in [0.5, 0.6) is 0 Å². The van der Waals surface area contributed by atoms with E-state index in [-0.39, 0.29) is 11.6 Å². The Kier molecular flexibility index (Phi) is 3.10. The molecule has 0 aliphatic rings. The summed E-state index contributed by atoms with van der Waals surface area (Å²) in [5, 5.41) is 6.70. The van der Waals surface area contributed by atoms with Gasteiger partial charge in [-0.25, -0.2) is 4.98 Å². The normalized spacial score (nSPS) is 10.3. The van der Waals surface area contributed by atoms with Crippen molar-refractivity contribution in [2.75, 3.05) is 5.32 Å². The fourth-order valence-corrected chi connectivity index (χ4v) is 1.51. The van der Waals surface area contributed by atoms with E-state index in [0.717, 1.165) is 0 Å². The van der Waals surface area contributed by atoms with Gasteiger partial charge in [-0.1, -0.05) is 16.8 Å². The molecule has 0 radical (unpaired) electrons. The SMILES string of the molecule is Cc1cc(C(=O)Nc2ccc(Cl)nc2C)no1. The number of anilines is 1. The van der Waals surface area contributed by atoms with Gasteiger partial charge in [-0.3, -0.25) is 4.79 Å². The van der Waals surface area contributed by atoms with Crippen molar-refractivity contribution >= 4 is 23.2 Å². The van der Waals surface area contributed by atoms with E-state index >= 15 is 0 Å². The molecule has 0 aliphatic carbocycles. The zero-order valence-corrected chi connectivity index (χ0v) is 10.1. The van der Waals surface area contributed by atoms with Crippen LogP contribution in [-0.2, 0) is 0 Å². The highest BCUT2D eigenvalue weighted by molar-refractivity contribution is 6.29. The van der Waals surface area contributed by atoms with Gasteiger partial charge >= 0.3 is 0 Å². The maximum Gasteiger partial charge on any atom is 0.277 e. The molecular weight excluding hydrogens is 242 g/mol. The molecular formula is C11H10ClN3O2. The van der Waals surface area contributed by atoms with Gasteiger partial charge < -0.3 is 9.84 Å². The minimum atomic E-state index is -0.339. The number of hydrogen-bond acceptors (Lipinski definition) is 4. The van der Waals surface area contributed by atoms with E-state index in [2.05, 4.69) is 15.5 Å². The molecule has 2 rings (SSSR count). The van der Waals surface area contributed by atoms with Crippen molar-refractivity contribution in [3.05, 3.63) is 40.5 Å². The van der Waals surface area contributed by atoms with Crippen molar-refractivity contribution in [2.24, 2.45) is 0 Å². The van der Waals surface area contributed by atoms with E-state index in [9.17, 15) is 4.79 Å². The highest BCUT2D eigenvalue weighted by atomic mass is 35.5. The molecule has 2 aromatic rings. The second kappa shape index (κ2) is 4.55. The van der Waals surface area contributed by atoms with Crippen LogP contribution in [0, 0.1) is 13.8 Å². The third-order valence-electron chi connectivity index (χ3n) is 2.16. The van der Waals surface area contributed by atoms with Crippen LogP contribution in [0.2, 0.25) is 5.15 Å². The summed E-state index contributed by atoms with van der Waals surface area (Å²) in [5.41, 5.74) is 1.47. The van der Waals surface area contributed by atoms with Crippen molar-refractivity contribution in [2.45, 2.75) is 13.8 Å². The molecule has 0 saturated heterocycles. The topological polar surface area (TPSA) is 68.0 Å². The second-order valence-electron chi connectivity index (χ2n) is 3.54. The van der Waals surface area contributed by atoms with Gasteiger partial charge in [0, 0.05) is 6.07 Å².